The van der Waals surface area contributed by atoms with Gasteiger partial charge in [0.05, 0.1) is 32.5 Å². The second-order valence-electron chi connectivity index (χ2n) is 12.1. The van der Waals surface area contributed by atoms with E-state index < -0.39 is 145 Å². The standard InChI is InChI=1S/C25H42N2O22P2/c1-43-23-16(32)10(15(31)11(6-28)47-23)2-4-25(21(37)19(35)17(33)12(7-29)48-25)9-45-51(41,42)49-50(39,40)44-8-13-18(34)20(36)22(46-13)27-5-3-14(30)26-24(27)38/h3,5,10-13,15-23,28-29,31-37H,2,4,6-9H2,1H3,(H,39,40)(H,41,42)(H,26,30,38)/t10-,11+,12+,13+,15+,16+,17-,18+,19-,20+,21+,22+,23+,25+/m0/s1. The van der Waals surface area contributed by atoms with Crippen molar-refractivity contribution >= 4 is 15.6 Å². The highest BCUT2D eigenvalue weighted by molar-refractivity contribution is 7.61. The maximum atomic E-state index is 12.9. The lowest BCUT2D eigenvalue weighted by Crippen LogP contribution is -2.67. The van der Waals surface area contributed by atoms with Gasteiger partial charge in [0.15, 0.2) is 12.5 Å². The van der Waals surface area contributed by atoms with Crippen molar-refractivity contribution < 1.29 is 97.2 Å². The van der Waals surface area contributed by atoms with Crippen molar-refractivity contribution in [3.05, 3.63) is 33.1 Å². The molecule has 0 radical (unpaired) electrons. The number of hydrogen-bond donors (Lipinski definition) is 12. The van der Waals surface area contributed by atoms with Crippen LogP contribution < -0.4 is 11.2 Å². The highest BCUT2D eigenvalue weighted by Crippen LogP contribution is 2.61. The Morgan fingerprint density at radius 3 is 2.08 bits per heavy atom. The summed E-state index contributed by atoms with van der Waals surface area (Å²) in [5.74, 6) is -1.19. The monoisotopic (exact) mass is 784 g/mol. The third kappa shape index (κ3) is 9.39. The van der Waals surface area contributed by atoms with Crippen molar-refractivity contribution in [3.63, 3.8) is 0 Å². The fourth-order valence-electron chi connectivity index (χ4n) is 6.07. The summed E-state index contributed by atoms with van der Waals surface area (Å²) in [4.78, 5) is 45.8. The summed E-state index contributed by atoms with van der Waals surface area (Å²) in [6, 6.07) is 0.914. The van der Waals surface area contributed by atoms with Crippen molar-refractivity contribution in [2.75, 3.05) is 33.5 Å². The minimum absolute atomic E-state index is 0.372. The van der Waals surface area contributed by atoms with Gasteiger partial charge in [-0.05, 0) is 12.8 Å². The summed E-state index contributed by atoms with van der Waals surface area (Å²) >= 11 is 0. The maximum absolute atomic E-state index is 12.9. The van der Waals surface area contributed by atoms with Crippen molar-refractivity contribution in [2.45, 2.75) is 92.0 Å². The average Bonchev–Trinajstić information content (AvgIpc) is 3.35. The Morgan fingerprint density at radius 1 is 0.843 bits per heavy atom. The third-order valence-electron chi connectivity index (χ3n) is 8.86. The van der Waals surface area contributed by atoms with Crippen LogP contribution in [0.15, 0.2) is 21.9 Å². The summed E-state index contributed by atoms with van der Waals surface area (Å²) < 4.78 is 61.3. The zero-order valence-electron chi connectivity index (χ0n) is 26.7. The number of aliphatic hydroxyl groups is 9. The van der Waals surface area contributed by atoms with Crippen LogP contribution in [0.4, 0.5) is 0 Å². The highest BCUT2D eigenvalue weighted by Gasteiger charge is 2.56. The first kappa shape index (κ1) is 42.2. The zero-order chi connectivity index (χ0) is 38.1. The Labute approximate surface area is 287 Å². The number of rotatable bonds is 15. The Kier molecular flexibility index (Phi) is 13.9. The van der Waals surface area contributed by atoms with E-state index in [4.69, 9.17) is 23.5 Å². The van der Waals surface area contributed by atoms with E-state index in [1.807, 2.05) is 4.98 Å². The summed E-state index contributed by atoms with van der Waals surface area (Å²) in [5.41, 5.74) is -4.15. The van der Waals surface area contributed by atoms with Crippen LogP contribution in [-0.4, -0.2) is 172 Å². The number of hydrogen-bond acceptors (Lipinski definition) is 20. The molecule has 1 aromatic heterocycles. The van der Waals surface area contributed by atoms with E-state index in [0.717, 1.165) is 12.3 Å². The Morgan fingerprint density at radius 2 is 1.47 bits per heavy atom. The van der Waals surface area contributed by atoms with E-state index in [2.05, 4.69) is 8.83 Å². The molecule has 4 heterocycles. The van der Waals surface area contributed by atoms with Crippen LogP contribution >= 0.6 is 15.6 Å². The van der Waals surface area contributed by atoms with Crippen LogP contribution in [0, 0.1) is 5.92 Å². The maximum Gasteiger partial charge on any atom is 0.481 e. The van der Waals surface area contributed by atoms with E-state index in [0.29, 0.717) is 4.57 Å². The average molecular weight is 785 g/mol. The lowest BCUT2D eigenvalue weighted by molar-refractivity contribution is -0.296. The van der Waals surface area contributed by atoms with Crippen molar-refractivity contribution in [3.8, 4) is 0 Å². The van der Waals surface area contributed by atoms with E-state index in [1.54, 1.807) is 0 Å². The van der Waals surface area contributed by atoms with Gasteiger partial charge in [0.25, 0.3) is 5.56 Å². The molecule has 0 aromatic carbocycles. The van der Waals surface area contributed by atoms with Gasteiger partial charge in [-0.1, -0.05) is 0 Å². The molecule has 12 N–H and O–H groups in total. The van der Waals surface area contributed by atoms with Crippen LogP contribution in [0.1, 0.15) is 19.1 Å². The molecule has 4 rings (SSSR count). The molecule has 0 bridgehead atoms. The molecule has 3 aliphatic heterocycles. The molecule has 294 valence electrons. The molecule has 26 heteroatoms. The van der Waals surface area contributed by atoms with Crippen LogP contribution in [-0.2, 0) is 41.4 Å². The van der Waals surface area contributed by atoms with Crippen molar-refractivity contribution in [1.82, 2.24) is 9.55 Å². The molecule has 0 amide bonds. The predicted octanol–water partition coefficient (Wildman–Crippen LogP) is -5.90. The van der Waals surface area contributed by atoms with Gasteiger partial charge in [0.1, 0.15) is 60.5 Å². The van der Waals surface area contributed by atoms with E-state index in [-0.39, 0.29) is 6.42 Å². The highest BCUT2D eigenvalue weighted by atomic mass is 31.3. The second-order valence-corrected chi connectivity index (χ2v) is 15.2. The number of aromatic nitrogens is 2. The number of aromatic amines is 1. The zero-order valence-corrected chi connectivity index (χ0v) is 28.4. The molecule has 0 spiro atoms. The molecular formula is C25H42N2O22P2. The number of aliphatic hydroxyl groups excluding tert-OH is 9. The lowest BCUT2D eigenvalue weighted by Gasteiger charge is -2.49. The number of phosphoric acid groups is 2. The fraction of sp³-hybridized carbons (Fsp3) is 0.840. The molecule has 0 aliphatic carbocycles. The number of nitrogens with one attached hydrogen (secondary N) is 1. The first-order chi connectivity index (χ1) is 23.8. The summed E-state index contributed by atoms with van der Waals surface area (Å²) in [6.07, 6.45) is -20.3. The van der Waals surface area contributed by atoms with Crippen LogP contribution in [0.3, 0.4) is 0 Å². The van der Waals surface area contributed by atoms with Crippen LogP contribution in [0.2, 0.25) is 0 Å². The van der Waals surface area contributed by atoms with Gasteiger partial charge in [-0.15, -0.1) is 0 Å². The SMILES string of the molecule is CO[C@@H]1O[C@H](CO)[C@H](O)[C@H](CC[C@]2(COP(=O)(O)OP(=O)(O)OC[C@H]3O[C@@H](n4ccc(=O)[nH]c4=O)[C@H](O)[C@@H]3O)O[C@H](CO)[C@H](O)[C@H](O)[C@H]2O)[C@H]1O. The van der Waals surface area contributed by atoms with E-state index in [1.165, 1.54) is 7.11 Å². The largest absolute Gasteiger partial charge is 0.481 e. The second kappa shape index (κ2) is 16.8. The Bertz CT molecular complexity index is 1510. The molecule has 0 saturated carbocycles. The normalized spacial score (nSPS) is 41.2. The van der Waals surface area contributed by atoms with Gasteiger partial charge < -0.3 is 74.7 Å². The fourth-order valence-corrected chi connectivity index (χ4v) is 8.21. The first-order valence-corrected chi connectivity index (χ1v) is 18.3. The molecule has 1 aromatic rings. The molecule has 16 atom stereocenters. The number of H-pyrrole nitrogens is 1. The van der Waals surface area contributed by atoms with Crippen molar-refractivity contribution in [1.29, 1.82) is 0 Å². The number of methoxy groups -OCH3 is 1. The molecule has 3 fully saturated rings. The van der Waals surface area contributed by atoms with Gasteiger partial charge >= 0.3 is 21.3 Å². The third-order valence-corrected chi connectivity index (χ3v) is 11.4. The summed E-state index contributed by atoms with van der Waals surface area (Å²) in [5, 5.41) is 93.3. The number of nitrogens with zero attached hydrogens (tertiary/aromatic N) is 1. The van der Waals surface area contributed by atoms with Gasteiger partial charge in [-0.25, -0.2) is 13.9 Å². The Hall–Kier alpha value is -1.58. The summed E-state index contributed by atoms with van der Waals surface area (Å²) in [7, 11) is -10.2. The van der Waals surface area contributed by atoms with Gasteiger partial charge in [-0.3, -0.25) is 23.4 Å². The van der Waals surface area contributed by atoms with Gasteiger partial charge in [0.2, 0.25) is 0 Å². The van der Waals surface area contributed by atoms with Crippen LogP contribution in [0.25, 0.3) is 0 Å². The molecule has 51 heavy (non-hydrogen) atoms. The topological polar surface area (TPSA) is 376 Å². The first-order valence-electron chi connectivity index (χ1n) is 15.3. The molecule has 2 unspecified atom stereocenters. The molecule has 24 nitrogen and oxygen atoms in total. The predicted molar refractivity (Wildman–Crippen MR) is 160 cm³/mol. The molecular weight excluding hydrogens is 742 g/mol. The minimum Gasteiger partial charge on any atom is -0.394 e. The Balaban J connectivity index is 1.46. The van der Waals surface area contributed by atoms with E-state index in [9.17, 15) is 74.5 Å². The molecule has 3 saturated heterocycles. The van der Waals surface area contributed by atoms with E-state index >= 15 is 0 Å². The van der Waals surface area contributed by atoms with Gasteiger partial charge in [-0.2, -0.15) is 4.31 Å². The smallest absolute Gasteiger partial charge is 0.394 e. The number of ether oxygens (including phenoxy) is 4. The van der Waals surface area contributed by atoms with Crippen LogP contribution in [0.5, 0.6) is 0 Å². The summed E-state index contributed by atoms with van der Waals surface area (Å²) in [6.45, 7) is -4.00. The number of phosphoric ester groups is 2. The lowest BCUT2D eigenvalue weighted by atomic mass is 9.77. The van der Waals surface area contributed by atoms with Gasteiger partial charge in [0, 0.05) is 25.3 Å². The molecule has 3 aliphatic rings. The van der Waals surface area contributed by atoms with Crippen molar-refractivity contribution in [2.24, 2.45) is 5.92 Å². The minimum atomic E-state index is -5.72. The quantitative estimate of drug-likeness (QED) is 0.0737.